The molecule has 11 heteroatoms. The molecule has 1 aromatic carbocycles. The lowest BCUT2D eigenvalue weighted by molar-refractivity contribution is -0.390. The Bertz CT molecular complexity index is 561. The summed E-state index contributed by atoms with van der Waals surface area (Å²) < 4.78 is 76.4. The van der Waals surface area contributed by atoms with Gasteiger partial charge in [-0.25, -0.2) is 4.79 Å². The summed E-state index contributed by atoms with van der Waals surface area (Å²) in [6, 6.07) is 0.547. The molecule has 0 spiro atoms. The number of aliphatic hydroxyl groups is 1. The predicted octanol–water partition coefficient (Wildman–Crippen LogP) is 3.25. The van der Waals surface area contributed by atoms with Crippen molar-refractivity contribution in [3.8, 4) is 0 Å². The van der Waals surface area contributed by atoms with Gasteiger partial charge in [0, 0.05) is 10.0 Å². The third-order valence-corrected chi connectivity index (χ3v) is 3.04. The van der Waals surface area contributed by atoms with E-state index in [0.29, 0.717) is 12.1 Å². The molecule has 0 saturated carbocycles. The number of amides is 2. The van der Waals surface area contributed by atoms with Gasteiger partial charge >= 0.3 is 24.0 Å². The van der Waals surface area contributed by atoms with E-state index in [0.717, 1.165) is 6.07 Å². The number of carbonyl (C=O) groups excluding carboxylic acids is 1. The Morgan fingerprint density at radius 1 is 1.19 bits per heavy atom. The Balaban J connectivity index is 3.27. The van der Waals surface area contributed by atoms with Crippen molar-refractivity contribution in [3.05, 3.63) is 28.2 Å². The molecule has 0 aromatic heterocycles. The van der Waals surface area contributed by atoms with Crippen LogP contribution in [0, 0.1) is 0 Å². The molecule has 2 amide bonds. The minimum Gasteiger partial charge on any atom is -0.351 e. The number of rotatable bonds is 3. The second-order valence-electron chi connectivity index (χ2n) is 3.88. The van der Waals surface area contributed by atoms with E-state index in [1.165, 1.54) is 0 Å². The Morgan fingerprint density at radius 2 is 1.71 bits per heavy atom. The molecule has 4 N–H and O–H groups in total. The minimum atomic E-state index is -6.20. The van der Waals surface area contributed by atoms with Crippen molar-refractivity contribution in [2.45, 2.75) is 18.0 Å². The first-order valence-electron chi connectivity index (χ1n) is 5.03. The van der Waals surface area contributed by atoms with Gasteiger partial charge in [0.2, 0.25) is 0 Å². The summed E-state index contributed by atoms with van der Waals surface area (Å²) in [4.78, 5) is 10.6. The molecule has 0 radical (unpaired) electrons. The zero-order valence-electron chi connectivity index (χ0n) is 9.81. The molecule has 4 nitrogen and oxygen atoms in total. The van der Waals surface area contributed by atoms with Crippen LogP contribution in [-0.2, 0) is 5.92 Å². The van der Waals surface area contributed by atoms with Gasteiger partial charge in [0.25, 0.3) is 0 Å². The number of alkyl halides is 6. The first-order chi connectivity index (χ1) is 9.30. The molecular weight excluding hydrogens is 374 g/mol. The van der Waals surface area contributed by atoms with Crippen LogP contribution < -0.4 is 11.1 Å². The monoisotopic (exact) mass is 380 g/mol. The molecule has 1 rings (SSSR count). The van der Waals surface area contributed by atoms with Gasteiger partial charge in [-0.15, -0.1) is 0 Å². The molecule has 1 unspecified atom stereocenters. The van der Waals surface area contributed by atoms with Crippen molar-refractivity contribution in [1.82, 2.24) is 0 Å². The van der Waals surface area contributed by atoms with Crippen LogP contribution in [0.5, 0.6) is 0 Å². The van der Waals surface area contributed by atoms with Crippen LogP contribution in [0.15, 0.2) is 22.7 Å². The van der Waals surface area contributed by atoms with E-state index in [4.69, 9.17) is 10.8 Å². The maximum atomic E-state index is 13.5. The number of primary amides is 1. The highest BCUT2D eigenvalue weighted by molar-refractivity contribution is 9.10. The highest BCUT2D eigenvalue weighted by Crippen LogP contribution is 2.49. The third kappa shape index (κ3) is 3.23. The first kappa shape index (κ1) is 17.6. The first-order valence-corrected chi connectivity index (χ1v) is 5.82. The van der Waals surface area contributed by atoms with Crippen molar-refractivity contribution in [1.29, 1.82) is 0 Å². The van der Waals surface area contributed by atoms with Crippen molar-refractivity contribution >= 4 is 27.6 Å². The molecule has 1 atom stereocenters. The normalized spacial score (nSPS) is 15.4. The smallest absolute Gasteiger partial charge is 0.351 e. The number of benzene rings is 1. The number of carbonyl (C=O) groups is 1. The fourth-order valence-electron chi connectivity index (χ4n) is 1.31. The van der Waals surface area contributed by atoms with Gasteiger partial charge in [0.1, 0.15) is 0 Å². The second kappa shape index (κ2) is 5.37. The van der Waals surface area contributed by atoms with Crippen molar-refractivity contribution < 1.29 is 36.2 Å². The third-order valence-electron chi connectivity index (χ3n) is 2.38. The van der Waals surface area contributed by atoms with E-state index >= 15 is 0 Å². The van der Waals surface area contributed by atoms with Crippen LogP contribution >= 0.6 is 15.9 Å². The van der Waals surface area contributed by atoms with Gasteiger partial charge in [-0.1, -0.05) is 6.07 Å². The molecule has 0 fully saturated rings. The van der Waals surface area contributed by atoms with Crippen LogP contribution in [0.2, 0.25) is 0 Å². The minimum absolute atomic E-state index is 0.128. The number of hydrogen-bond donors (Lipinski definition) is 3. The molecule has 21 heavy (non-hydrogen) atoms. The van der Waals surface area contributed by atoms with Crippen LogP contribution in [0.4, 0.5) is 36.8 Å². The van der Waals surface area contributed by atoms with Gasteiger partial charge in [-0.3, -0.25) is 0 Å². The summed E-state index contributed by atoms with van der Waals surface area (Å²) in [5.41, 5.74) is 3.20. The maximum Gasteiger partial charge on any atom is 0.455 e. The zero-order valence-corrected chi connectivity index (χ0v) is 11.4. The van der Waals surface area contributed by atoms with Crippen LogP contribution in [0.25, 0.3) is 0 Å². The zero-order chi connectivity index (χ0) is 16.6. The highest BCUT2D eigenvalue weighted by Gasteiger charge is 2.71. The summed E-state index contributed by atoms with van der Waals surface area (Å²) in [5.74, 6) is -11.0. The Labute approximate surface area is 122 Å². The van der Waals surface area contributed by atoms with Crippen molar-refractivity contribution in [2.75, 3.05) is 5.32 Å². The average molecular weight is 381 g/mol. The van der Waals surface area contributed by atoms with Gasteiger partial charge in [0.05, 0.1) is 5.69 Å². The Morgan fingerprint density at radius 3 is 2.10 bits per heavy atom. The van der Waals surface area contributed by atoms with E-state index in [1.807, 2.05) is 5.32 Å². The van der Waals surface area contributed by atoms with Crippen molar-refractivity contribution in [3.63, 3.8) is 0 Å². The van der Waals surface area contributed by atoms with Crippen LogP contribution in [0.1, 0.15) is 5.56 Å². The number of anilines is 1. The topological polar surface area (TPSA) is 75.4 Å². The summed E-state index contributed by atoms with van der Waals surface area (Å²) in [5, 5.41) is 10.5. The molecule has 0 aliphatic rings. The van der Waals surface area contributed by atoms with E-state index < -0.39 is 29.5 Å². The molecule has 0 saturated heterocycles. The lowest BCUT2D eigenvalue weighted by Crippen LogP contribution is -2.53. The summed E-state index contributed by atoms with van der Waals surface area (Å²) in [6.45, 7) is 0. The van der Waals surface area contributed by atoms with Gasteiger partial charge in [-0.2, -0.15) is 26.3 Å². The van der Waals surface area contributed by atoms with Crippen LogP contribution in [-0.4, -0.2) is 23.2 Å². The molecule has 1 aromatic rings. The number of nitrogens with two attached hydrogens (primary N) is 1. The lowest BCUT2D eigenvalue weighted by atomic mass is 10.0. The fourth-order valence-corrected chi connectivity index (χ4v) is 1.79. The molecular formula is C10H7BrF6N2O2. The molecule has 118 valence electrons. The van der Waals surface area contributed by atoms with Gasteiger partial charge < -0.3 is 16.2 Å². The Hall–Kier alpha value is -1.49. The van der Waals surface area contributed by atoms with E-state index in [-0.39, 0.29) is 10.2 Å². The number of nitrogens with one attached hydrogen (secondary N) is 1. The summed E-state index contributed by atoms with van der Waals surface area (Å²) >= 11 is 2.70. The van der Waals surface area contributed by atoms with Crippen molar-refractivity contribution in [2.24, 2.45) is 5.73 Å². The summed E-state index contributed by atoms with van der Waals surface area (Å²) in [6.07, 6.45) is -6.20. The van der Waals surface area contributed by atoms with E-state index in [9.17, 15) is 31.1 Å². The molecule has 0 bridgehead atoms. The predicted molar refractivity (Wildman–Crippen MR) is 63.4 cm³/mol. The number of hydrogen-bond acceptors (Lipinski definition) is 2. The second-order valence-corrected chi connectivity index (χ2v) is 4.73. The molecule has 0 aliphatic heterocycles. The quantitative estimate of drug-likeness (QED) is 0.704. The largest absolute Gasteiger partial charge is 0.455 e. The average Bonchev–Trinajstić information content (AvgIpc) is 2.29. The lowest BCUT2D eigenvalue weighted by Gasteiger charge is -2.30. The molecule has 0 aliphatic carbocycles. The molecule has 0 heterocycles. The number of halogens is 7. The van der Waals surface area contributed by atoms with Gasteiger partial charge in [0.15, 0.2) is 0 Å². The van der Waals surface area contributed by atoms with E-state index in [2.05, 4.69) is 15.9 Å². The maximum absolute atomic E-state index is 13.5. The SMILES string of the molecule is NC(=O)Nc1ccc(C(F)(F)C(O)(F)C(F)(F)F)cc1Br. The van der Waals surface area contributed by atoms with Gasteiger partial charge in [-0.05, 0) is 28.1 Å². The standard InChI is InChI=1S/C10H7BrF6N2O2/c11-5-3-4(1-2-6(5)19-7(18)20)8(12,13)9(14,21)10(15,16)17/h1-3,21H,(H3,18,19,20). The fraction of sp³-hybridized carbons (Fsp3) is 0.300. The van der Waals surface area contributed by atoms with E-state index in [1.54, 1.807) is 0 Å². The van der Waals surface area contributed by atoms with Crippen LogP contribution in [0.3, 0.4) is 0 Å². The number of urea groups is 1. The Kier molecular flexibility index (Phi) is 4.49. The summed E-state index contributed by atoms with van der Waals surface area (Å²) in [7, 11) is 0. The highest BCUT2D eigenvalue weighted by atomic mass is 79.9.